The lowest BCUT2D eigenvalue weighted by molar-refractivity contribution is 0.194. The van der Waals surface area contributed by atoms with Gasteiger partial charge in [0.15, 0.2) is 0 Å². The molecule has 5 nitrogen and oxygen atoms in total. The monoisotopic (exact) mass is 350 g/mol. The van der Waals surface area contributed by atoms with Crippen LogP contribution in [0.2, 0.25) is 0 Å². The van der Waals surface area contributed by atoms with Crippen LogP contribution in [0.1, 0.15) is 12.8 Å². The first-order valence-electron chi connectivity index (χ1n) is 8.00. The Morgan fingerprint density at radius 2 is 1.04 bits per heavy atom. The number of ether oxygens (including phenoxy) is 2. The van der Waals surface area contributed by atoms with Crippen molar-refractivity contribution in [1.29, 1.82) is 0 Å². The predicted octanol–water partition coefficient (Wildman–Crippen LogP) is 4.35. The normalized spacial score (nSPS) is 10.7. The maximum absolute atomic E-state index is 11.6. The molecule has 0 heterocycles. The van der Waals surface area contributed by atoms with Crippen molar-refractivity contribution in [3.05, 3.63) is 60.7 Å². The summed E-state index contributed by atoms with van der Waals surface area (Å²) in [6.45, 7) is 1.74. The summed E-state index contributed by atoms with van der Waals surface area (Å²) >= 11 is 0. The summed E-state index contributed by atoms with van der Waals surface area (Å²) in [5.74, 6) is 1.64. The maximum atomic E-state index is 11.6. The summed E-state index contributed by atoms with van der Waals surface area (Å²) in [6.07, 6.45) is 1.32. The van der Waals surface area contributed by atoms with Crippen molar-refractivity contribution in [3.63, 3.8) is 0 Å². The van der Waals surface area contributed by atoms with Gasteiger partial charge in [-0.3, -0.25) is 4.57 Å². The first-order valence-corrected chi connectivity index (χ1v) is 9.22. The molecule has 0 fully saturated rings. The first-order chi connectivity index (χ1) is 11.8. The van der Waals surface area contributed by atoms with Gasteiger partial charge in [-0.25, -0.2) is 0 Å². The van der Waals surface area contributed by atoms with E-state index in [1.165, 1.54) is 0 Å². The van der Waals surface area contributed by atoms with E-state index >= 15 is 0 Å². The Bertz CT molecular complexity index is 525. The van der Waals surface area contributed by atoms with E-state index in [0.29, 0.717) is 39.3 Å². The molecule has 0 radical (unpaired) electrons. The lowest BCUT2D eigenvalue weighted by Gasteiger charge is -2.08. The molecule has 0 amide bonds. The topological polar surface area (TPSA) is 54.0 Å². The van der Waals surface area contributed by atoms with Crippen molar-refractivity contribution < 1.29 is 23.1 Å². The highest BCUT2D eigenvalue weighted by molar-refractivity contribution is 7.33. The van der Waals surface area contributed by atoms with Gasteiger partial charge in [0, 0.05) is 12.8 Å². The second-order valence-corrected chi connectivity index (χ2v) is 6.05. The minimum Gasteiger partial charge on any atom is -0.494 e. The Kier molecular flexibility index (Phi) is 9.02. The van der Waals surface area contributed by atoms with E-state index in [2.05, 4.69) is 0 Å². The molecule has 0 aliphatic heterocycles. The molecule has 6 heteroatoms. The van der Waals surface area contributed by atoms with Crippen molar-refractivity contribution >= 4 is 8.25 Å². The fraction of sp³-hybridized carbons (Fsp3) is 0.333. The molecule has 0 aliphatic rings. The van der Waals surface area contributed by atoms with Gasteiger partial charge in [0.1, 0.15) is 11.5 Å². The highest BCUT2D eigenvalue weighted by atomic mass is 31.1. The zero-order valence-corrected chi connectivity index (χ0v) is 14.6. The average Bonchev–Trinajstić information content (AvgIpc) is 2.63. The standard InChI is InChI=1S/C18H23O5P/c19-24(22-15-7-13-20-17-9-3-1-4-10-17)23-16-8-14-21-18-11-5-2-6-12-18/h1-6,9-12,24H,7-8,13-16H2. The van der Waals surface area contributed by atoms with Gasteiger partial charge in [0.05, 0.1) is 26.4 Å². The van der Waals surface area contributed by atoms with Crippen molar-refractivity contribution in [3.8, 4) is 11.5 Å². The Balaban J connectivity index is 1.42. The van der Waals surface area contributed by atoms with Crippen LogP contribution in [-0.4, -0.2) is 26.4 Å². The fourth-order valence-electron chi connectivity index (χ4n) is 1.88. The predicted molar refractivity (Wildman–Crippen MR) is 94.0 cm³/mol. The van der Waals surface area contributed by atoms with Crippen LogP contribution in [-0.2, 0) is 13.6 Å². The van der Waals surface area contributed by atoms with E-state index in [1.807, 2.05) is 60.7 Å². The van der Waals surface area contributed by atoms with Crippen LogP contribution < -0.4 is 9.47 Å². The molecule has 0 aliphatic carbocycles. The lowest BCUT2D eigenvalue weighted by Crippen LogP contribution is -2.02. The Morgan fingerprint density at radius 3 is 1.46 bits per heavy atom. The zero-order valence-electron chi connectivity index (χ0n) is 13.6. The molecule has 0 spiro atoms. The summed E-state index contributed by atoms with van der Waals surface area (Å²) < 4.78 is 32.9. The number of benzene rings is 2. The van der Waals surface area contributed by atoms with Crippen LogP contribution in [0.5, 0.6) is 11.5 Å². The average molecular weight is 350 g/mol. The van der Waals surface area contributed by atoms with Crippen LogP contribution in [0.4, 0.5) is 0 Å². The van der Waals surface area contributed by atoms with Gasteiger partial charge in [0.25, 0.3) is 0 Å². The molecule has 2 aromatic rings. The SMILES string of the molecule is O=[PH](OCCCOc1ccccc1)OCCCOc1ccccc1. The van der Waals surface area contributed by atoms with E-state index in [-0.39, 0.29) is 0 Å². The van der Waals surface area contributed by atoms with Crippen LogP contribution in [0.15, 0.2) is 60.7 Å². The molecule has 0 saturated carbocycles. The second-order valence-electron chi connectivity index (χ2n) is 4.98. The van der Waals surface area contributed by atoms with E-state index in [0.717, 1.165) is 11.5 Å². The van der Waals surface area contributed by atoms with Gasteiger partial charge in [-0.15, -0.1) is 0 Å². The highest BCUT2D eigenvalue weighted by Crippen LogP contribution is 2.24. The van der Waals surface area contributed by atoms with Crippen molar-refractivity contribution in [2.24, 2.45) is 0 Å². The Labute approximate surface area is 143 Å². The van der Waals surface area contributed by atoms with E-state index in [4.69, 9.17) is 18.5 Å². The lowest BCUT2D eigenvalue weighted by atomic mass is 10.3. The van der Waals surface area contributed by atoms with Crippen LogP contribution in [0, 0.1) is 0 Å². The molecule has 0 bridgehead atoms. The van der Waals surface area contributed by atoms with Gasteiger partial charge in [-0.1, -0.05) is 36.4 Å². The molecular formula is C18H23O5P. The smallest absolute Gasteiger partial charge is 0.319 e. The van der Waals surface area contributed by atoms with Gasteiger partial charge in [-0.05, 0) is 24.3 Å². The Hall–Kier alpha value is -1.81. The van der Waals surface area contributed by atoms with E-state index in [9.17, 15) is 4.57 Å². The molecule has 2 aromatic carbocycles. The van der Waals surface area contributed by atoms with Gasteiger partial charge in [0.2, 0.25) is 0 Å². The summed E-state index contributed by atoms with van der Waals surface area (Å²) in [7, 11) is -2.44. The van der Waals surface area contributed by atoms with Crippen molar-refractivity contribution in [1.82, 2.24) is 0 Å². The van der Waals surface area contributed by atoms with Gasteiger partial charge < -0.3 is 18.5 Å². The maximum Gasteiger partial charge on any atom is 0.319 e. The minimum absolute atomic E-state index is 0.352. The third-order valence-corrected chi connectivity index (χ3v) is 3.92. The van der Waals surface area contributed by atoms with Crippen LogP contribution in [0.25, 0.3) is 0 Å². The molecule has 0 N–H and O–H groups in total. The number of hydrogen-bond donors (Lipinski definition) is 0. The molecule has 0 aromatic heterocycles. The summed E-state index contributed by atoms with van der Waals surface area (Å²) in [6, 6.07) is 19.1. The van der Waals surface area contributed by atoms with Gasteiger partial charge in [-0.2, -0.15) is 0 Å². The third-order valence-electron chi connectivity index (χ3n) is 3.04. The molecule has 0 atom stereocenters. The zero-order chi connectivity index (χ0) is 16.9. The summed E-state index contributed by atoms with van der Waals surface area (Å²) in [5.41, 5.74) is 0. The number of para-hydroxylation sites is 2. The highest BCUT2D eigenvalue weighted by Gasteiger charge is 2.01. The molecular weight excluding hydrogens is 327 g/mol. The molecule has 2 rings (SSSR count). The molecule has 24 heavy (non-hydrogen) atoms. The number of rotatable bonds is 12. The number of hydrogen-bond acceptors (Lipinski definition) is 5. The van der Waals surface area contributed by atoms with Gasteiger partial charge >= 0.3 is 8.25 Å². The van der Waals surface area contributed by atoms with Crippen LogP contribution in [0.3, 0.4) is 0 Å². The largest absolute Gasteiger partial charge is 0.494 e. The fourth-order valence-corrected chi connectivity index (χ4v) is 2.59. The Morgan fingerprint density at radius 1 is 0.625 bits per heavy atom. The quantitative estimate of drug-likeness (QED) is 0.421. The summed E-state index contributed by atoms with van der Waals surface area (Å²) in [5, 5.41) is 0. The minimum atomic E-state index is -2.44. The first kappa shape index (κ1) is 18.5. The second kappa shape index (κ2) is 11.7. The van der Waals surface area contributed by atoms with E-state index in [1.54, 1.807) is 0 Å². The molecule has 0 unspecified atom stereocenters. The third kappa shape index (κ3) is 8.16. The van der Waals surface area contributed by atoms with Crippen molar-refractivity contribution in [2.75, 3.05) is 26.4 Å². The van der Waals surface area contributed by atoms with Crippen molar-refractivity contribution in [2.45, 2.75) is 12.8 Å². The molecule has 0 saturated heterocycles. The van der Waals surface area contributed by atoms with E-state index < -0.39 is 8.25 Å². The summed E-state index contributed by atoms with van der Waals surface area (Å²) in [4.78, 5) is 0. The van der Waals surface area contributed by atoms with Crippen LogP contribution >= 0.6 is 8.25 Å². The molecule has 130 valence electrons.